The van der Waals surface area contributed by atoms with Crippen molar-refractivity contribution in [1.82, 2.24) is 9.88 Å². The first-order chi connectivity index (χ1) is 16.4. The van der Waals surface area contributed by atoms with Crippen LogP contribution in [0.15, 0.2) is 30.5 Å². The molecule has 1 fully saturated rings. The van der Waals surface area contributed by atoms with Crippen LogP contribution in [0.3, 0.4) is 0 Å². The van der Waals surface area contributed by atoms with Gasteiger partial charge in [-0.3, -0.25) is 9.78 Å². The summed E-state index contributed by atoms with van der Waals surface area (Å²) in [7, 11) is 0. The number of hydrogen-bond acceptors (Lipinski definition) is 9. The number of amides is 1. The Labute approximate surface area is 207 Å². The number of anilines is 1. The molecule has 0 radical (unpaired) electrons. The number of carbonyl (C=O) groups excluding carboxylic acids is 2. The van der Waals surface area contributed by atoms with Crippen LogP contribution in [-0.2, 0) is 21.4 Å². The minimum absolute atomic E-state index is 0.0113. The van der Waals surface area contributed by atoms with Crippen molar-refractivity contribution in [3.05, 3.63) is 52.3 Å². The molecule has 0 unspecified atom stereocenters. The Morgan fingerprint density at radius 1 is 1.23 bits per heavy atom. The van der Waals surface area contributed by atoms with Crippen LogP contribution in [0.25, 0.3) is 0 Å². The van der Waals surface area contributed by atoms with Crippen LogP contribution in [0.2, 0.25) is 5.02 Å². The average molecular weight is 506 g/mol. The smallest absolute Gasteiger partial charge is 0.396 e. The lowest BCUT2D eigenvalue weighted by Crippen LogP contribution is -2.69. The molecule has 0 atom stereocenters. The van der Waals surface area contributed by atoms with E-state index in [1.165, 1.54) is 19.2 Å². The molecule has 1 aromatic carbocycles. The van der Waals surface area contributed by atoms with Gasteiger partial charge in [0.15, 0.2) is 0 Å². The Bertz CT molecular complexity index is 1160. The van der Waals surface area contributed by atoms with Gasteiger partial charge in [0, 0.05) is 35.9 Å². The van der Waals surface area contributed by atoms with Crippen LogP contribution in [-0.4, -0.2) is 67.0 Å². The van der Waals surface area contributed by atoms with Crippen molar-refractivity contribution in [1.29, 1.82) is 0 Å². The highest BCUT2D eigenvalue weighted by Crippen LogP contribution is 2.46. The summed E-state index contributed by atoms with van der Waals surface area (Å²) in [6, 6.07) is 6.59. The molecule has 1 spiro atoms. The monoisotopic (exact) mass is 505 g/mol. The molecule has 35 heavy (non-hydrogen) atoms. The number of aliphatic hydroxyl groups is 4. The van der Waals surface area contributed by atoms with Crippen LogP contribution in [0.5, 0.6) is 5.75 Å². The zero-order valence-corrected chi connectivity index (χ0v) is 20.2. The molecule has 1 amide bonds. The molecular weight excluding hydrogens is 478 g/mol. The molecule has 4 rings (SSSR count). The van der Waals surface area contributed by atoms with Crippen molar-refractivity contribution >= 4 is 29.0 Å². The number of carbonyl (C=O) groups is 2. The molecular formula is C24H28ClN3O7. The third-order valence-corrected chi connectivity index (χ3v) is 7.08. The Balaban J connectivity index is 1.50. The number of nitrogens with zero attached hydrogens (tertiary/aromatic N) is 2. The van der Waals surface area contributed by atoms with Gasteiger partial charge in [-0.15, -0.1) is 0 Å². The van der Waals surface area contributed by atoms with Crippen molar-refractivity contribution in [2.75, 3.05) is 18.4 Å². The van der Waals surface area contributed by atoms with Gasteiger partial charge in [0.05, 0.1) is 11.6 Å². The Morgan fingerprint density at radius 3 is 2.57 bits per heavy atom. The SMILES string of the molecule is CC(=O)CCc1cc(OC(O)(O)C(O)(O)N2CCC3(CC2)C(=O)Nc2ccc(Cl)cc23)cnc1C. The van der Waals surface area contributed by atoms with Gasteiger partial charge in [0.25, 0.3) is 0 Å². The second-order valence-electron chi connectivity index (χ2n) is 9.18. The summed E-state index contributed by atoms with van der Waals surface area (Å²) in [6.45, 7) is 3.11. The van der Waals surface area contributed by atoms with Gasteiger partial charge in [-0.2, -0.15) is 0 Å². The highest BCUT2D eigenvalue weighted by atomic mass is 35.5. The maximum absolute atomic E-state index is 12.8. The predicted octanol–water partition coefficient (Wildman–Crippen LogP) is 1.21. The van der Waals surface area contributed by atoms with E-state index in [1.807, 2.05) is 0 Å². The number of nitrogens with one attached hydrogen (secondary N) is 1. The summed E-state index contributed by atoms with van der Waals surface area (Å²) >= 11 is 6.13. The molecule has 0 bridgehead atoms. The van der Waals surface area contributed by atoms with E-state index in [9.17, 15) is 30.0 Å². The lowest BCUT2D eigenvalue weighted by molar-refractivity contribution is -0.476. The number of benzene rings is 1. The second-order valence-corrected chi connectivity index (χ2v) is 9.61. The third kappa shape index (κ3) is 4.65. The largest absolute Gasteiger partial charge is 0.433 e. The van der Waals surface area contributed by atoms with Gasteiger partial charge in [-0.25, -0.2) is 4.90 Å². The number of halogens is 1. The van der Waals surface area contributed by atoms with Crippen molar-refractivity contribution in [2.24, 2.45) is 0 Å². The second kappa shape index (κ2) is 9.12. The summed E-state index contributed by atoms with van der Waals surface area (Å²) in [5, 5.41) is 45.9. The van der Waals surface area contributed by atoms with Crippen molar-refractivity contribution in [2.45, 2.75) is 56.8 Å². The standard InChI is InChI=1S/C24H28ClN3O7/c1-14(29)3-4-16-11-18(13-26-15(16)2)35-24(33,34)23(31,32)28-9-7-22(8-10-28)19-12-17(25)5-6-20(19)27-21(22)30/h5-6,11-13,31-34H,3-4,7-10H2,1-2H3,(H,27,30). The van der Waals surface area contributed by atoms with Gasteiger partial charge < -0.3 is 35.3 Å². The molecule has 2 aromatic rings. The number of piperidine rings is 1. The van der Waals surface area contributed by atoms with Gasteiger partial charge >= 0.3 is 11.9 Å². The maximum atomic E-state index is 12.8. The molecule has 2 aliphatic heterocycles. The highest BCUT2D eigenvalue weighted by molar-refractivity contribution is 6.31. The van der Waals surface area contributed by atoms with Gasteiger partial charge in [0.1, 0.15) is 11.5 Å². The van der Waals surface area contributed by atoms with E-state index >= 15 is 0 Å². The first kappa shape index (κ1) is 25.5. The van der Waals surface area contributed by atoms with Gasteiger partial charge in [-0.05, 0) is 68.5 Å². The van der Waals surface area contributed by atoms with Gasteiger partial charge in [0.2, 0.25) is 5.91 Å². The van der Waals surface area contributed by atoms with Crippen LogP contribution in [0.1, 0.15) is 43.0 Å². The fourth-order valence-electron chi connectivity index (χ4n) is 4.70. The van der Waals surface area contributed by atoms with E-state index in [1.54, 1.807) is 25.1 Å². The number of likely N-dealkylation sites (tertiary alicyclic amines) is 1. The number of ketones is 1. The van der Waals surface area contributed by atoms with Crippen molar-refractivity contribution < 1.29 is 34.8 Å². The maximum Gasteiger partial charge on any atom is 0.396 e. The van der Waals surface area contributed by atoms with Crippen LogP contribution < -0.4 is 10.1 Å². The summed E-state index contributed by atoms with van der Waals surface area (Å²) in [5.74, 6) is -6.96. The van der Waals surface area contributed by atoms with E-state index in [2.05, 4.69) is 10.3 Å². The number of hydrogen-bond donors (Lipinski definition) is 5. The molecule has 2 aliphatic rings. The van der Waals surface area contributed by atoms with E-state index < -0.39 is 17.3 Å². The topological polar surface area (TPSA) is 152 Å². The van der Waals surface area contributed by atoms with E-state index in [0.717, 1.165) is 10.5 Å². The molecule has 1 aromatic heterocycles. The average Bonchev–Trinajstić information content (AvgIpc) is 3.04. The zero-order chi connectivity index (χ0) is 25.6. The number of rotatable bonds is 7. The zero-order valence-electron chi connectivity index (χ0n) is 19.4. The molecule has 0 aliphatic carbocycles. The summed E-state index contributed by atoms with van der Waals surface area (Å²) < 4.78 is 5.16. The molecule has 0 saturated carbocycles. The molecule has 11 heteroatoms. The summed E-state index contributed by atoms with van der Waals surface area (Å²) in [5.41, 5.74) is 1.76. The number of pyridine rings is 1. The number of aryl methyl sites for hydroxylation is 2. The van der Waals surface area contributed by atoms with Crippen LogP contribution >= 0.6 is 11.6 Å². The number of aromatic nitrogens is 1. The van der Waals surface area contributed by atoms with Crippen molar-refractivity contribution in [3.63, 3.8) is 0 Å². The number of Topliss-reactive ketones (excluding diaryl/α,β-unsaturated/α-hetero) is 1. The Kier molecular flexibility index (Phi) is 6.64. The van der Waals surface area contributed by atoms with Gasteiger partial charge in [-0.1, -0.05) is 11.6 Å². The molecule has 3 heterocycles. The van der Waals surface area contributed by atoms with E-state index in [-0.39, 0.29) is 49.8 Å². The Morgan fingerprint density at radius 2 is 1.91 bits per heavy atom. The predicted molar refractivity (Wildman–Crippen MR) is 126 cm³/mol. The highest BCUT2D eigenvalue weighted by Gasteiger charge is 2.58. The molecule has 188 valence electrons. The van der Waals surface area contributed by atoms with Crippen LogP contribution in [0, 0.1) is 6.92 Å². The first-order valence-electron chi connectivity index (χ1n) is 11.3. The fourth-order valence-corrected chi connectivity index (χ4v) is 4.87. The normalized spacial score (nSPS) is 17.9. The summed E-state index contributed by atoms with van der Waals surface area (Å²) in [6.07, 6.45) is 2.24. The first-order valence-corrected chi connectivity index (χ1v) is 11.6. The van der Waals surface area contributed by atoms with Crippen molar-refractivity contribution in [3.8, 4) is 5.75 Å². The number of fused-ring (bicyclic) bond motifs is 2. The number of ether oxygens (including phenoxy) is 1. The van der Waals surface area contributed by atoms with Crippen LogP contribution in [0.4, 0.5) is 5.69 Å². The molecule has 5 N–H and O–H groups in total. The summed E-state index contributed by atoms with van der Waals surface area (Å²) in [4.78, 5) is 29.3. The lowest BCUT2D eigenvalue weighted by Gasteiger charge is -2.46. The fraction of sp³-hybridized carbons (Fsp3) is 0.458. The quantitative estimate of drug-likeness (QED) is 0.349. The minimum Gasteiger partial charge on any atom is -0.433 e. The lowest BCUT2D eigenvalue weighted by atomic mass is 9.73. The molecule has 1 saturated heterocycles. The minimum atomic E-state index is -3.43. The van der Waals surface area contributed by atoms with E-state index in [4.69, 9.17) is 16.3 Å². The van der Waals surface area contributed by atoms with E-state index in [0.29, 0.717) is 28.4 Å². The Hall–Kier alpha value is -2.60. The molecule has 10 nitrogen and oxygen atoms in total. The third-order valence-electron chi connectivity index (χ3n) is 6.85.